The van der Waals surface area contributed by atoms with Gasteiger partial charge in [0.15, 0.2) is 0 Å². The van der Waals surface area contributed by atoms with Crippen molar-refractivity contribution in [2.45, 2.75) is 38.6 Å². The van der Waals surface area contributed by atoms with Gasteiger partial charge in [-0.05, 0) is 80.6 Å². The van der Waals surface area contributed by atoms with Gasteiger partial charge in [-0.1, -0.05) is 19.8 Å². The summed E-state index contributed by atoms with van der Waals surface area (Å²) < 4.78 is 2.53. The molecule has 3 atom stereocenters. The van der Waals surface area contributed by atoms with E-state index in [1.165, 1.54) is 38.8 Å². The van der Waals surface area contributed by atoms with Crippen molar-refractivity contribution < 1.29 is 0 Å². The quantitative estimate of drug-likeness (QED) is 0.727. The summed E-state index contributed by atoms with van der Waals surface area (Å²) in [5.74, 6) is 2.87. The van der Waals surface area contributed by atoms with Crippen LogP contribution in [0.4, 0.5) is 0 Å². The second-order valence-electron chi connectivity index (χ2n) is 5.50. The molecular weight excluding hydrogens is 374 g/mol. The fourth-order valence-electron chi connectivity index (χ4n) is 3.78. The maximum absolute atomic E-state index is 3.73. The second kappa shape index (κ2) is 5.55. The molecule has 1 nitrogen and oxygen atoms in total. The van der Waals surface area contributed by atoms with E-state index in [0.29, 0.717) is 6.04 Å². The Morgan fingerprint density at radius 1 is 1.33 bits per heavy atom. The molecule has 0 saturated heterocycles. The summed E-state index contributed by atoms with van der Waals surface area (Å²) in [5.41, 5.74) is 1.47. The molecule has 4 heteroatoms. The Morgan fingerprint density at radius 3 is 2.50 bits per heavy atom. The average molecular weight is 393 g/mol. The fourth-order valence-corrected chi connectivity index (χ4v) is 6.71. The fraction of sp³-hybridized carbons (Fsp3) is 0.714. The number of nitrogens with one attached hydrogen (secondary N) is 1. The molecule has 1 aromatic heterocycles. The maximum atomic E-state index is 3.73. The summed E-state index contributed by atoms with van der Waals surface area (Å²) in [4.78, 5) is 0. The molecule has 0 aliphatic heterocycles. The summed E-state index contributed by atoms with van der Waals surface area (Å²) in [6.45, 7) is 3.27. The summed E-state index contributed by atoms with van der Waals surface area (Å²) >= 11 is 9.14. The minimum Gasteiger partial charge on any atom is -0.310 e. The summed E-state index contributed by atoms with van der Waals surface area (Å²) in [7, 11) is 0. The predicted octanol–water partition coefficient (Wildman–Crippen LogP) is 5.36. The number of rotatable bonds is 4. The SMILES string of the molecule is CCNC(c1cc(Br)sc1Br)C1C2CCCCC21. The minimum absolute atomic E-state index is 0.556. The van der Waals surface area contributed by atoms with Crippen molar-refractivity contribution in [3.63, 3.8) is 0 Å². The highest BCUT2D eigenvalue weighted by Crippen LogP contribution is 2.61. The zero-order chi connectivity index (χ0) is 12.7. The van der Waals surface area contributed by atoms with Gasteiger partial charge in [-0.2, -0.15) is 0 Å². The highest BCUT2D eigenvalue weighted by molar-refractivity contribution is 9.12. The summed E-state index contributed by atoms with van der Waals surface area (Å²) in [6, 6.07) is 2.85. The Bertz CT molecular complexity index is 419. The molecular formula is C14H19Br2NS. The van der Waals surface area contributed by atoms with Crippen LogP contribution in [0.3, 0.4) is 0 Å². The van der Waals surface area contributed by atoms with Crippen LogP contribution >= 0.6 is 43.2 Å². The molecule has 0 bridgehead atoms. The molecule has 0 aromatic carbocycles. The number of halogens is 2. The lowest BCUT2D eigenvalue weighted by atomic mass is 10.0. The standard InChI is InChI=1S/C14H19Br2NS/c1-2-17-13(10-7-11(15)18-14(10)16)12-8-5-3-4-6-9(8)12/h7-9,12-13,17H,2-6H2,1H3. The Balaban J connectivity index is 1.82. The molecule has 1 aromatic rings. The number of fused-ring (bicyclic) bond motifs is 1. The van der Waals surface area contributed by atoms with Gasteiger partial charge in [0.25, 0.3) is 0 Å². The molecule has 3 rings (SSSR count). The number of hydrogen-bond donors (Lipinski definition) is 1. The van der Waals surface area contributed by atoms with E-state index in [4.69, 9.17) is 0 Å². The van der Waals surface area contributed by atoms with Crippen molar-refractivity contribution in [3.05, 3.63) is 19.2 Å². The highest BCUT2D eigenvalue weighted by atomic mass is 79.9. The molecule has 18 heavy (non-hydrogen) atoms. The van der Waals surface area contributed by atoms with Crippen LogP contribution in [0.5, 0.6) is 0 Å². The average Bonchev–Trinajstić information content (AvgIpc) is 2.98. The lowest BCUT2D eigenvalue weighted by Crippen LogP contribution is -2.23. The van der Waals surface area contributed by atoms with E-state index in [0.717, 1.165) is 24.3 Å². The first-order chi connectivity index (χ1) is 8.72. The van der Waals surface area contributed by atoms with Crippen molar-refractivity contribution in [2.75, 3.05) is 6.54 Å². The topological polar surface area (TPSA) is 12.0 Å². The maximum Gasteiger partial charge on any atom is 0.0758 e. The second-order valence-corrected chi connectivity index (χ2v) is 9.25. The Morgan fingerprint density at radius 2 is 2.00 bits per heavy atom. The first kappa shape index (κ1) is 13.6. The van der Waals surface area contributed by atoms with Crippen molar-refractivity contribution in [2.24, 2.45) is 17.8 Å². The molecule has 100 valence electrons. The molecule has 2 saturated carbocycles. The van der Waals surface area contributed by atoms with Crippen LogP contribution in [-0.4, -0.2) is 6.54 Å². The van der Waals surface area contributed by atoms with Crippen LogP contribution in [0.25, 0.3) is 0 Å². The van der Waals surface area contributed by atoms with E-state index in [9.17, 15) is 0 Å². The molecule has 2 aliphatic carbocycles. The smallest absolute Gasteiger partial charge is 0.0758 e. The van der Waals surface area contributed by atoms with Crippen LogP contribution in [0.1, 0.15) is 44.2 Å². The van der Waals surface area contributed by atoms with Crippen LogP contribution < -0.4 is 5.32 Å². The van der Waals surface area contributed by atoms with Gasteiger partial charge in [0.2, 0.25) is 0 Å². The van der Waals surface area contributed by atoms with Crippen LogP contribution in [0, 0.1) is 17.8 Å². The van der Waals surface area contributed by atoms with E-state index in [-0.39, 0.29) is 0 Å². The summed E-state index contributed by atoms with van der Waals surface area (Å²) in [6.07, 6.45) is 5.82. The third-order valence-electron chi connectivity index (χ3n) is 4.55. The van der Waals surface area contributed by atoms with Gasteiger partial charge in [-0.15, -0.1) is 11.3 Å². The largest absolute Gasteiger partial charge is 0.310 e. The van der Waals surface area contributed by atoms with Crippen molar-refractivity contribution in [1.82, 2.24) is 5.32 Å². The van der Waals surface area contributed by atoms with E-state index >= 15 is 0 Å². The summed E-state index contributed by atoms with van der Waals surface area (Å²) in [5, 5.41) is 3.73. The Kier molecular flexibility index (Phi) is 4.19. The Hall–Kier alpha value is 0.620. The first-order valence-corrected chi connectivity index (χ1v) is 9.30. The first-order valence-electron chi connectivity index (χ1n) is 6.90. The molecule has 2 aliphatic rings. The van der Waals surface area contributed by atoms with Crippen LogP contribution in [0.2, 0.25) is 0 Å². The molecule has 2 fully saturated rings. The molecule has 0 amide bonds. The lowest BCUT2D eigenvalue weighted by molar-refractivity contribution is 0.456. The zero-order valence-electron chi connectivity index (χ0n) is 10.6. The lowest BCUT2D eigenvalue weighted by Gasteiger charge is -2.18. The van der Waals surface area contributed by atoms with Gasteiger partial charge >= 0.3 is 0 Å². The van der Waals surface area contributed by atoms with Crippen molar-refractivity contribution >= 4 is 43.2 Å². The van der Waals surface area contributed by atoms with Gasteiger partial charge < -0.3 is 5.32 Å². The number of hydrogen-bond acceptors (Lipinski definition) is 2. The van der Waals surface area contributed by atoms with E-state index < -0.39 is 0 Å². The molecule has 1 N–H and O–H groups in total. The highest BCUT2D eigenvalue weighted by Gasteiger charge is 2.54. The monoisotopic (exact) mass is 391 g/mol. The van der Waals surface area contributed by atoms with E-state index in [1.54, 1.807) is 11.3 Å². The van der Waals surface area contributed by atoms with Gasteiger partial charge in [0.1, 0.15) is 0 Å². The van der Waals surface area contributed by atoms with Crippen molar-refractivity contribution in [1.29, 1.82) is 0 Å². The van der Waals surface area contributed by atoms with E-state index in [1.807, 2.05) is 0 Å². The van der Waals surface area contributed by atoms with Gasteiger partial charge in [-0.3, -0.25) is 0 Å². The third-order valence-corrected chi connectivity index (χ3v) is 6.94. The normalized spacial score (nSPS) is 32.1. The van der Waals surface area contributed by atoms with E-state index in [2.05, 4.69) is 50.2 Å². The molecule has 0 spiro atoms. The molecule has 1 heterocycles. The number of thiophene rings is 1. The molecule has 0 radical (unpaired) electrons. The third kappa shape index (κ3) is 2.46. The predicted molar refractivity (Wildman–Crippen MR) is 85.1 cm³/mol. The zero-order valence-corrected chi connectivity index (χ0v) is 14.6. The molecule has 3 unspecified atom stereocenters. The minimum atomic E-state index is 0.556. The van der Waals surface area contributed by atoms with Crippen LogP contribution in [0.15, 0.2) is 13.6 Å². The van der Waals surface area contributed by atoms with Crippen LogP contribution in [-0.2, 0) is 0 Å². The Labute approximate surface area is 130 Å². The van der Waals surface area contributed by atoms with Gasteiger partial charge in [0, 0.05) is 6.04 Å². The van der Waals surface area contributed by atoms with Gasteiger partial charge in [0.05, 0.1) is 7.57 Å². The van der Waals surface area contributed by atoms with Gasteiger partial charge in [-0.25, -0.2) is 0 Å². The van der Waals surface area contributed by atoms with Crippen molar-refractivity contribution in [3.8, 4) is 0 Å².